The number of hydrogen-bond acceptors (Lipinski definition) is 2. The Balaban J connectivity index is 3.14. The molecular weight excluding hydrogens is 191 g/mol. The molecule has 1 aromatic carbocycles. The van der Waals surface area contributed by atoms with Crippen LogP contribution in [0.2, 0.25) is 0 Å². The quantitative estimate of drug-likeness (QED) is 0.821. The van der Waals surface area contributed by atoms with Crippen LogP contribution in [0.5, 0.6) is 0 Å². The standard InChI is InChI=1S/C12H19FN2/c1-5-15(4)12-7-6-10(13)8-11(12)9(2)14-3/h6-9,14H,5H2,1-4H3. The second-order valence-electron chi connectivity index (χ2n) is 3.73. The number of benzene rings is 1. The van der Waals surface area contributed by atoms with Crippen molar-refractivity contribution in [2.75, 3.05) is 25.5 Å². The van der Waals surface area contributed by atoms with Crippen LogP contribution in [-0.2, 0) is 0 Å². The fourth-order valence-electron chi connectivity index (χ4n) is 1.55. The Morgan fingerprint density at radius 3 is 2.67 bits per heavy atom. The Morgan fingerprint density at radius 1 is 1.47 bits per heavy atom. The zero-order valence-corrected chi connectivity index (χ0v) is 9.84. The average Bonchev–Trinajstić information content (AvgIpc) is 2.26. The Bertz CT molecular complexity index is 325. The molecule has 0 bridgehead atoms. The second-order valence-corrected chi connectivity index (χ2v) is 3.73. The van der Waals surface area contributed by atoms with Gasteiger partial charge in [0.25, 0.3) is 0 Å². The van der Waals surface area contributed by atoms with Crippen molar-refractivity contribution in [1.82, 2.24) is 5.32 Å². The van der Waals surface area contributed by atoms with Gasteiger partial charge in [-0.15, -0.1) is 0 Å². The molecule has 1 rings (SSSR count). The molecule has 1 unspecified atom stereocenters. The number of nitrogens with one attached hydrogen (secondary N) is 1. The Kier molecular flexibility index (Phi) is 4.09. The van der Waals surface area contributed by atoms with Gasteiger partial charge in [-0.3, -0.25) is 0 Å². The summed E-state index contributed by atoms with van der Waals surface area (Å²) in [4.78, 5) is 2.11. The largest absolute Gasteiger partial charge is 0.375 e. The smallest absolute Gasteiger partial charge is 0.123 e. The molecule has 0 amide bonds. The zero-order valence-electron chi connectivity index (χ0n) is 9.84. The molecule has 0 spiro atoms. The van der Waals surface area contributed by atoms with Crippen LogP contribution in [0.15, 0.2) is 18.2 Å². The van der Waals surface area contributed by atoms with Crippen LogP contribution in [0, 0.1) is 5.82 Å². The van der Waals surface area contributed by atoms with E-state index < -0.39 is 0 Å². The summed E-state index contributed by atoms with van der Waals surface area (Å²) in [6, 6.07) is 5.10. The lowest BCUT2D eigenvalue weighted by molar-refractivity contribution is 0.607. The van der Waals surface area contributed by atoms with Gasteiger partial charge in [-0.25, -0.2) is 4.39 Å². The molecule has 0 aromatic heterocycles. The summed E-state index contributed by atoms with van der Waals surface area (Å²) in [5.41, 5.74) is 2.09. The van der Waals surface area contributed by atoms with Crippen molar-refractivity contribution in [3.63, 3.8) is 0 Å². The fourth-order valence-corrected chi connectivity index (χ4v) is 1.55. The molecule has 1 aromatic rings. The van der Waals surface area contributed by atoms with Gasteiger partial charge < -0.3 is 10.2 Å². The van der Waals surface area contributed by atoms with Crippen LogP contribution >= 0.6 is 0 Å². The van der Waals surface area contributed by atoms with E-state index in [-0.39, 0.29) is 11.9 Å². The van der Waals surface area contributed by atoms with Crippen LogP contribution < -0.4 is 10.2 Å². The third-order valence-corrected chi connectivity index (χ3v) is 2.77. The highest BCUT2D eigenvalue weighted by atomic mass is 19.1. The molecule has 0 aliphatic heterocycles. The Morgan fingerprint density at radius 2 is 2.13 bits per heavy atom. The van der Waals surface area contributed by atoms with Crippen LogP contribution in [0.4, 0.5) is 10.1 Å². The first kappa shape index (κ1) is 12.0. The van der Waals surface area contributed by atoms with Gasteiger partial charge in [0, 0.05) is 25.3 Å². The van der Waals surface area contributed by atoms with Gasteiger partial charge in [-0.2, -0.15) is 0 Å². The number of hydrogen-bond donors (Lipinski definition) is 1. The number of rotatable bonds is 4. The highest BCUT2D eigenvalue weighted by molar-refractivity contribution is 5.54. The van der Waals surface area contributed by atoms with E-state index in [1.807, 2.05) is 27.1 Å². The number of halogens is 1. The molecule has 84 valence electrons. The predicted octanol–water partition coefficient (Wildman–Crippen LogP) is 2.56. The van der Waals surface area contributed by atoms with Gasteiger partial charge in [0.05, 0.1) is 0 Å². The first-order chi connectivity index (χ1) is 7.10. The molecule has 0 radical (unpaired) electrons. The van der Waals surface area contributed by atoms with Crippen LogP contribution in [0.3, 0.4) is 0 Å². The SMILES string of the molecule is CCN(C)c1ccc(F)cc1C(C)NC. The van der Waals surface area contributed by atoms with E-state index in [1.54, 1.807) is 6.07 Å². The Labute approximate surface area is 91.1 Å². The van der Waals surface area contributed by atoms with Crippen LogP contribution in [0.25, 0.3) is 0 Å². The summed E-state index contributed by atoms with van der Waals surface area (Å²) in [5.74, 6) is -0.180. The summed E-state index contributed by atoms with van der Waals surface area (Å²) in [7, 11) is 3.89. The Hall–Kier alpha value is -1.09. The van der Waals surface area contributed by atoms with Gasteiger partial charge in [0.2, 0.25) is 0 Å². The molecule has 0 aliphatic carbocycles. The zero-order chi connectivity index (χ0) is 11.4. The highest BCUT2D eigenvalue weighted by Gasteiger charge is 2.12. The molecule has 2 nitrogen and oxygen atoms in total. The first-order valence-corrected chi connectivity index (χ1v) is 5.28. The number of anilines is 1. The molecule has 0 heterocycles. The maximum Gasteiger partial charge on any atom is 0.123 e. The van der Waals surface area contributed by atoms with E-state index in [9.17, 15) is 4.39 Å². The predicted molar refractivity (Wildman–Crippen MR) is 62.8 cm³/mol. The third kappa shape index (κ3) is 2.69. The molecule has 1 atom stereocenters. The van der Waals surface area contributed by atoms with E-state index in [2.05, 4.69) is 17.1 Å². The van der Waals surface area contributed by atoms with Crippen LogP contribution in [0.1, 0.15) is 25.5 Å². The monoisotopic (exact) mass is 210 g/mol. The minimum atomic E-state index is -0.180. The summed E-state index contributed by atoms with van der Waals surface area (Å²) >= 11 is 0. The average molecular weight is 210 g/mol. The summed E-state index contributed by atoms with van der Waals surface area (Å²) in [6.45, 7) is 5.02. The molecular formula is C12H19FN2. The molecule has 15 heavy (non-hydrogen) atoms. The van der Waals surface area contributed by atoms with Gasteiger partial charge in [-0.05, 0) is 44.7 Å². The first-order valence-electron chi connectivity index (χ1n) is 5.28. The summed E-state index contributed by atoms with van der Waals surface area (Å²) in [5, 5.41) is 3.13. The minimum Gasteiger partial charge on any atom is -0.375 e. The molecule has 1 N–H and O–H groups in total. The second kappa shape index (κ2) is 5.12. The van der Waals surface area contributed by atoms with Crippen molar-refractivity contribution in [2.45, 2.75) is 19.9 Å². The maximum atomic E-state index is 13.2. The normalized spacial score (nSPS) is 12.6. The lowest BCUT2D eigenvalue weighted by atomic mass is 10.1. The summed E-state index contributed by atoms with van der Waals surface area (Å²) in [6.07, 6.45) is 0. The van der Waals surface area contributed by atoms with Crippen LogP contribution in [-0.4, -0.2) is 20.6 Å². The lowest BCUT2D eigenvalue weighted by Gasteiger charge is -2.23. The molecule has 3 heteroatoms. The minimum absolute atomic E-state index is 0.157. The van der Waals surface area contributed by atoms with E-state index in [0.717, 1.165) is 17.8 Å². The molecule has 0 saturated carbocycles. The highest BCUT2D eigenvalue weighted by Crippen LogP contribution is 2.26. The molecule has 0 saturated heterocycles. The van der Waals surface area contributed by atoms with Crippen molar-refractivity contribution in [3.8, 4) is 0 Å². The van der Waals surface area contributed by atoms with Crippen molar-refractivity contribution in [3.05, 3.63) is 29.6 Å². The van der Waals surface area contributed by atoms with E-state index >= 15 is 0 Å². The van der Waals surface area contributed by atoms with Crippen molar-refractivity contribution in [1.29, 1.82) is 0 Å². The van der Waals surface area contributed by atoms with Crippen molar-refractivity contribution < 1.29 is 4.39 Å². The third-order valence-electron chi connectivity index (χ3n) is 2.77. The van der Waals surface area contributed by atoms with Gasteiger partial charge in [0.1, 0.15) is 5.82 Å². The summed E-state index contributed by atoms with van der Waals surface area (Å²) < 4.78 is 13.2. The van der Waals surface area contributed by atoms with Gasteiger partial charge in [-0.1, -0.05) is 0 Å². The fraction of sp³-hybridized carbons (Fsp3) is 0.500. The maximum absolute atomic E-state index is 13.2. The van der Waals surface area contributed by atoms with E-state index in [4.69, 9.17) is 0 Å². The van der Waals surface area contributed by atoms with E-state index in [0.29, 0.717) is 0 Å². The van der Waals surface area contributed by atoms with Gasteiger partial charge >= 0.3 is 0 Å². The van der Waals surface area contributed by atoms with Crippen molar-refractivity contribution in [2.24, 2.45) is 0 Å². The number of nitrogens with zero attached hydrogens (tertiary/aromatic N) is 1. The topological polar surface area (TPSA) is 15.3 Å². The van der Waals surface area contributed by atoms with E-state index in [1.165, 1.54) is 6.07 Å². The lowest BCUT2D eigenvalue weighted by Crippen LogP contribution is -2.21. The van der Waals surface area contributed by atoms with Crippen molar-refractivity contribution >= 4 is 5.69 Å². The molecule has 0 aliphatic rings. The van der Waals surface area contributed by atoms with Gasteiger partial charge in [0.15, 0.2) is 0 Å². The molecule has 0 fully saturated rings.